The molecule has 0 atom stereocenters. The summed E-state index contributed by atoms with van der Waals surface area (Å²) < 4.78 is 21.5. The number of nitrogens with one attached hydrogen (secondary N) is 1. The lowest BCUT2D eigenvalue weighted by molar-refractivity contribution is 0.0954. The molecule has 0 aromatic heterocycles. The molecule has 0 saturated carbocycles. The molecule has 0 aliphatic rings. The summed E-state index contributed by atoms with van der Waals surface area (Å²) in [4.78, 5) is 12.7. The van der Waals surface area contributed by atoms with Gasteiger partial charge in [-0.3, -0.25) is 4.79 Å². The normalized spacial score (nSPS) is 10.5. The molecule has 3 rings (SSSR count). The Balaban J connectivity index is 1.89. The molecule has 0 fully saturated rings. The summed E-state index contributed by atoms with van der Waals surface area (Å²) in [5, 5.41) is 6.05. The lowest BCUT2D eigenvalue weighted by Gasteiger charge is -2.13. The zero-order valence-electron chi connectivity index (χ0n) is 17.5. The first-order valence-corrected chi connectivity index (χ1v) is 9.34. The van der Waals surface area contributed by atoms with Crippen molar-refractivity contribution in [3.8, 4) is 35.3 Å². The fourth-order valence-corrected chi connectivity index (χ4v) is 3.09. The number of ether oxygens (including phenoxy) is 4. The van der Waals surface area contributed by atoms with E-state index in [1.54, 1.807) is 12.1 Å². The van der Waals surface area contributed by atoms with Crippen LogP contribution in [0.3, 0.4) is 0 Å². The number of hydrogen-bond acceptors (Lipinski definition) is 6. The largest absolute Gasteiger partial charge is 0.493 e. The molecule has 0 heterocycles. The fraction of sp³-hybridized carbons (Fsp3) is 0.167. The number of rotatable bonds is 8. The maximum Gasteiger partial charge on any atom is 0.271 e. The second kappa shape index (κ2) is 10.0. The third kappa shape index (κ3) is 4.70. The standard InChI is InChI=1S/C24H22N2O5/c1-5-12-31-20-11-10-16-8-6-7-9-18(16)19(20)15-25-26-24(27)17-13-21(28-2)23(30-4)22(14-17)29-3/h1,6-11,13-15H,12H2,2-4H3,(H,26,27)/b25-15-. The fourth-order valence-electron chi connectivity index (χ4n) is 3.09. The number of carbonyl (C=O) groups is 1. The van der Waals surface area contributed by atoms with E-state index in [0.717, 1.165) is 10.8 Å². The van der Waals surface area contributed by atoms with E-state index in [1.165, 1.54) is 27.5 Å². The summed E-state index contributed by atoms with van der Waals surface area (Å²) in [6.45, 7) is 0.122. The van der Waals surface area contributed by atoms with E-state index < -0.39 is 5.91 Å². The number of benzene rings is 3. The van der Waals surface area contributed by atoms with E-state index >= 15 is 0 Å². The lowest BCUT2D eigenvalue weighted by Crippen LogP contribution is -2.18. The summed E-state index contributed by atoms with van der Waals surface area (Å²) in [5.41, 5.74) is 3.52. The van der Waals surface area contributed by atoms with Crippen LogP contribution >= 0.6 is 0 Å². The summed E-state index contributed by atoms with van der Waals surface area (Å²) >= 11 is 0. The molecule has 1 amide bonds. The highest BCUT2D eigenvalue weighted by molar-refractivity contribution is 6.03. The van der Waals surface area contributed by atoms with Crippen LogP contribution in [-0.4, -0.2) is 40.1 Å². The number of carbonyl (C=O) groups excluding carboxylic acids is 1. The van der Waals surface area contributed by atoms with E-state index in [-0.39, 0.29) is 6.61 Å². The zero-order valence-corrected chi connectivity index (χ0v) is 17.5. The Morgan fingerprint density at radius 2 is 1.74 bits per heavy atom. The minimum Gasteiger partial charge on any atom is -0.493 e. The predicted octanol–water partition coefficient (Wildman–Crippen LogP) is 3.64. The number of fused-ring (bicyclic) bond motifs is 1. The van der Waals surface area contributed by atoms with Gasteiger partial charge >= 0.3 is 0 Å². The Hall–Kier alpha value is -4.18. The molecular weight excluding hydrogens is 396 g/mol. The average Bonchev–Trinajstić information content (AvgIpc) is 2.81. The van der Waals surface area contributed by atoms with Gasteiger partial charge in [0.05, 0.1) is 27.5 Å². The van der Waals surface area contributed by atoms with Crippen molar-refractivity contribution in [3.63, 3.8) is 0 Å². The van der Waals surface area contributed by atoms with Crippen molar-refractivity contribution in [1.82, 2.24) is 5.43 Å². The Labute approximate surface area is 180 Å². The SMILES string of the molecule is C#CCOc1ccc2ccccc2c1/C=N\NC(=O)c1cc(OC)c(OC)c(OC)c1. The Morgan fingerprint density at radius 1 is 1.03 bits per heavy atom. The Kier molecular flexibility index (Phi) is 6.97. The van der Waals surface area contributed by atoms with Crippen LogP contribution in [-0.2, 0) is 0 Å². The van der Waals surface area contributed by atoms with Gasteiger partial charge in [-0.05, 0) is 29.0 Å². The smallest absolute Gasteiger partial charge is 0.271 e. The summed E-state index contributed by atoms with van der Waals surface area (Å²) in [6.07, 6.45) is 6.85. The highest BCUT2D eigenvalue weighted by Crippen LogP contribution is 2.38. The van der Waals surface area contributed by atoms with Crippen molar-refractivity contribution in [3.05, 3.63) is 59.7 Å². The third-order valence-electron chi connectivity index (χ3n) is 4.53. The van der Waals surface area contributed by atoms with Crippen LogP contribution in [0.25, 0.3) is 10.8 Å². The molecule has 31 heavy (non-hydrogen) atoms. The maximum absolute atomic E-state index is 12.7. The lowest BCUT2D eigenvalue weighted by atomic mass is 10.0. The van der Waals surface area contributed by atoms with Crippen LogP contribution in [0.15, 0.2) is 53.6 Å². The number of hydrogen-bond donors (Lipinski definition) is 1. The van der Waals surface area contributed by atoms with Crippen molar-refractivity contribution < 1.29 is 23.7 Å². The molecule has 0 spiro atoms. The first-order valence-electron chi connectivity index (χ1n) is 9.34. The van der Waals surface area contributed by atoms with Gasteiger partial charge in [0.2, 0.25) is 5.75 Å². The van der Waals surface area contributed by atoms with Crippen LogP contribution < -0.4 is 24.4 Å². The minimum atomic E-state index is -0.443. The van der Waals surface area contributed by atoms with E-state index in [4.69, 9.17) is 25.4 Å². The number of methoxy groups -OCH3 is 3. The monoisotopic (exact) mass is 418 g/mol. The first kappa shape index (κ1) is 21.5. The van der Waals surface area contributed by atoms with E-state index in [1.807, 2.05) is 36.4 Å². The van der Waals surface area contributed by atoms with Gasteiger partial charge < -0.3 is 18.9 Å². The van der Waals surface area contributed by atoms with Gasteiger partial charge in [-0.25, -0.2) is 5.43 Å². The summed E-state index contributed by atoms with van der Waals surface area (Å²) in [6, 6.07) is 14.6. The number of terminal acetylenes is 1. The van der Waals surface area contributed by atoms with E-state index in [9.17, 15) is 4.79 Å². The molecule has 7 nitrogen and oxygen atoms in total. The molecule has 3 aromatic carbocycles. The van der Waals surface area contributed by atoms with Crippen LogP contribution in [0.4, 0.5) is 0 Å². The molecule has 0 bridgehead atoms. The van der Waals surface area contributed by atoms with E-state index in [0.29, 0.717) is 34.1 Å². The molecule has 158 valence electrons. The van der Waals surface area contributed by atoms with Crippen molar-refractivity contribution in [2.45, 2.75) is 0 Å². The second-order valence-electron chi connectivity index (χ2n) is 6.30. The third-order valence-corrected chi connectivity index (χ3v) is 4.53. The van der Waals surface area contributed by atoms with Crippen LogP contribution in [0.1, 0.15) is 15.9 Å². The van der Waals surface area contributed by atoms with Gasteiger partial charge in [0.1, 0.15) is 12.4 Å². The highest BCUT2D eigenvalue weighted by Gasteiger charge is 2.17. The summed E-state index contributed by atoms with van der Waals surface area (Å²) in [7, 11) is 4.46. The molecule has 1 N–H and O–H groups in total. The zero-order chi connectivity index (χ0) is 22.2. The van der Waals surface area contributed by atoms with Gasteiger partial charge in [-0.15, -0.1) is 6.42 Å². The van der Waals surface area contributed by atoms with Crippen molar-refractivity contribution in [2.24, 2.45) is 5.10 Å². The molecule has 0 radical (unpaired) electrons. The number of amides is 1. The number of nitrogens with zero attached hydrogens (tertiary/aromatic N) is 1. The average molecular weight is 418 g/mol. The Bertz CT molecular complexity index is 1140. The Morgan fingerprint density at radius 3 is 2.39 bits per heavy atom. The van der Waals surface area contributed by atoms with Gasteiger partial charge in [0.25, 0.3) is 5.91 Å². The van der Waals surface area contributed by atoms with E-state index in [2.05, 4.69) is 16.4 Å². The minimum absolute atomic E-state index is 0.122. The highest BCUT2D eigenvalue weighted by atomic mass is 16.5. The quantitative estimate of drug-likeness (QED) is 0.343. The second-order valence-corrected chi connectivity index (χ2v) is 6.30. The first-order chi connectivity index (χ1) is 15.1. The predicted molar refractivity (Wildman–Crippen MR) is 119 cm³/mol. The van der Waals surface area contributed by atoms with Gasteiger partial charge in [-0.2, -0.15) is 5.10 Å². The molecular formula is C24H22N2O5. The number of hydrazone groups is 1. The van der Waals surface area contributed by atoms with Crippen molar-refractivity contribution in [2.75, 3.05) is 27.9 Å². The molecule has 7 heteroatoms. The topological polar surface area (TPSA) is 78.4 Å². The van der Waals surface area contributed by atoms with Crippen LogP contribution in [0.5, 0.6) is 23.0 Å². The van der Waals surface area contributed by atoms with Crippen LogP contribution in [0.2, 0.25) is 0 Å². The molecule has 0 aliphatic carbocycles. The van der Waals surface area contributed by atoms with Gasteiger partial charge in [0.15, 0.2) is 11.5 Å². The molecule has 0 unspecified atom stereocenters. The van der Waals surface area contributed by atoms with Crippen LogP contribution in [0, 0.1) is 12.3 Å². The van der Waals surface area contributed by atoms with Gasteiger partial charge in [-0.1, -0.05) is 36.3 Å². The van der Waals surface area contributed by atoms with Gasteiger partial charge in [0, 0.05) is 11.1 Å². The maximum atomic E-state index is 12.7. The van der Waals surface area contributed by atoms with Crippen molar-refractivity contribution in [1.29, 1.82) is 0 Å². The molecule has 3 aromatic rings. The van der Waals surface area contributed by atoms with Crippen molar-refractivity contribution >= 4 is 22.9 Å². The molecule has 0 saturated heterocycles. The molecule has 0 aliphatic heterocycles. The summed E-state index contributed by atoms with van der Waals surface area (Å²) in [5.74, 6) is 3.72.